The van der Waals surface area contributed by atoms with Gasteiger partial charge >= 0.3 is 6.18 Å². The lowest BCUT2D eigenvalue weighted by Crippen LogP contribution is -2.16. The summed E-state index contributed by atoms with van der Waals surface area (Å²) in [6.45, 7) is 7.03. The maximum absolute atomic E-state index is 12.6. The standard InChI is InChI=1S/C10H15F3N2/c1-6(2)8-5-9(10(11,12)13)15(14-8)7(3)4/h5-7H,1-4H3. The van der Waals surface area contributed by atoms with Crippen molar-refractivity contribution in [2.24, 2.45) is 0 Å². The predicted octanol–water partition coefficient (Wildman–Crippen LogP) is 3.61. The van der Waals surface area contributed by atoms with E-state index in [4.69, 9.17) is 0 Å². The highest BCUT2D eigenvalue weighted by Gasteiger charge is 2.36. The lowest BCUT2D eigenvalue weighted by molar-refractivity contribution is -0.144. The maximum Gasteiger partial charge on any atom is 0.433 e. The Bertz CT molecular complexity index is 337. The van der Waals surface area contributed by atoms with Crippen molar-refractivity contribution in [3.05, 3.63) is 17.5 Å². The van der Waals surface area contributed by atoms with Gasteiger partial charge in [0, 0.05) is 6.04 Å². The van der Waals surface area contributed by atoms with Crippen LogP contribution in [0.4, 0.5) is 13.2 Å². The lowest BCUT2D eigenvalue weighted by atomic mass is 10.1. The Hall–Kier alpha value is -1.00. The van der Waals surface area contributed by atoms with E-state index in [0.717, 1.165) is 10.7 Å². The first kappa shape index (κ1) is 12.1. The van der Waals surface area contributed by atoms with Crippen LogP contribution < -0.4 is 0 Å². The van der Waals surface area contributed by atoms with Gasteiger partial charge in [0.2, 0.25) is 0 Å². The second kappa shape index (κ2) is 3.87. The molecule has 0 aliphatic heterocycles. The van der Waals surface area contributed by atoms with Crippen molar-refractivity contribution in [3.63, 3.8) is 0 Å². The Morgan fingerprint density at radius 2 is 1.73 bits per heavy atom. The number of alkyl halides is 3. The third-order valence-corrected chi connectivity index (χ3v) is 2.13. The highest BCUT2D eigenvalue weighted by atomic mass is 19.4. The van der Waals surface area contributed by atoms with E-state index in [1.54, 1.807) is 13.8 Å². The zero-order valence-electron chi connectivity index (χ0n) is 9.26. The van der Waals surface area contributed by atoms with E-state index < -0.39 is 11.9 Å². The van der Waals surface area contributed by atoms with Crippen LogP contribution in [0.1, 0.15) is 51.0 Å². The van der Waals surface area contributed by atoms with E-state index in [1.165, 1.54) is 0 Å². The van der Waals surface area contributed by atoms with Crippen molar-refractivity contribution >= 4 is 0 Å². The summed E-state index contributed by atoms with van der Waals surface area (Å²) in [4.78, 5) is 0. The first-order chi connectivity index (χ1) is 6.73. The van der Waals surface area contributed by atoms with Gasteiger partial charge in [-0.05, 0) is 25.8 Å². The fourth-order valence-corrected chi connectivity index (χ4v) is 1.30. The predicted molar refractivity (Wildman–Crippen MR) is 51.7 cm³/mol. The van der Waals surface area contributed by atoms with Crippen LogP contribution in [0.2, 0.25) is 0 Å². The molecule has 1 rings (SSSR count). The van der Waals surface area contributed by atoms with Gasteiger partial charge in [-0.1, -0.05) is 13.8 Å². The van der Waals surface area contributed by atoms with Crippen LogP contribution >= 0.6 is 0 Å². The molecular formula is C10H15F3N2. The van der Waals surface area contributed by atoms with E-state index in [9.17, 15) is 13.2 Å². The quantitative estimate of drug-likeness (QED) is 0.744. The first-order valence-corrected chi connectivity index (χ1v) is 4.90. The third kappa shape index (κ3) is 2.52. The molecule has 0 aliphatic carbocycles. The van der Waals surface area contributed by atoms with Gasteiger partial charge < -0.3 is 0 Å². The number of nitrogens with zero attached hydrogens (tertiary/aromatic N) is 2. The van der Waals surface area contributed by atoms with Crippen LogP contribution in [-0.4, -0.2) is 9.78 Å². The number of aromatic nitrogens is 2. The molecular weight excluding hydrogens is 205 g/mol. The molecule has 0 atom stereocenters. The molecule has 5 heteroatoms. The molecule has 1 heterocycles. The summed E-state index contributed by atoms with van der Waals surface area (Å²) in [5, 5.41) is 3.97. The maximum atomic E-state index is 12.6. The van der Waals surface area contributed by atoms with E-state index in [-0.39, 0.29) is 12.0 Å². The van der Waals surface area contributed by atoms with E-state index >= 15 is 0 Å². The second-order valence-electron chi connectivity index (χ2n) is 4.15. The minimum Gasteiger partial charge on any atom is -0.258 e. The third-order valence-electron chi connectivity index (χ3n) is 2.13. The van der Waals surface area contributed by atoms with Gasteiger partial charge in [-0.3, -0.25) is 4.68 Å². The topological polar surface area (TPSA) is 17.8 Å². The van der Waals surface area contributed by atoms with Crippen LogP contribution in [-0.2, 0) is 6.18 Å². The fraction of sp³-hybridized carbons (Fsp3) is 0.700. The molecule has 1 aromatic heterocycles. The summed E-state index contributed by atoms with van der Waals surface area (Å²) in [5.74, 6) is 0.00565. The number of hydrogen-bond acceptors (Lipinski definition) is 1. The lowest BCUT2D eigenvalue weighted by Gasteiger charge is -2.12. The molecule has 0 fully saturated rings. The monoisotopic (exact) mass is 220 g/mol. The van der Waals surface area contributed by atoms with Crippen molar-refractivity contribution in [2.75, 3.05) is 0 Å². The summed E-state index contributed by atoms with van der Waals surface area (Å²) in [6.07, 6.45) is -4.33. The summed E-state index contributed by atoms with van der Waals surface area (Å²) < 4.78 is 38.9. The van der Waals surface area contributed by atoms with Crippen molar-refractivity contribution < 1.29 is 13.2 Å². The zero-order valence-corrected chi connectivity index (χ0v) is 9.26. The van der Waals surface area contributed by atoms with E-state index in [0.29, 0.717) is 5.69 Å². The fourth-order valence-electron chi connectivity index (χ4n) is 1.30. The van der Waals surface area contributed by atoms with Crippen LogP contribution in [0.5, 0.6) is 0 Å². The summed E-state index contributed by atoms with van der Waals surface area (Å²) in [6, 6.07) is 0.846. The smallest absolute Gasteiger partial charge is 0.258 e. The van der Waals surface area contributed by atoms with Gasteiger partial charge in [0.1, 0.15) is 5.69 Å². The van der Waals surface area contributed by atoms with Crippen LogP contribution in [0.3, 0.4) is 0 Å². The second-order valence-corrected chi connectivity index (χ2v) is 4.15. The van der Waals surface area contributed by atoms with Gasteiger partial charge in [0.15, 0.2) is 0 Å². The SMILES string of the molecule is CC(C)c1cc(C(F)(F)F)n(C(C)C)n1. The number of hydrogen-bond donors (Lipinski definition) is 0. The van der Waals surface area contributed by atoms with Crippen molar-refractivity contribution in [2.45, 2.75) is 45.8 Å². The molecule has 15 heavy (non-hydrogen) atoms. The Labute approximate surface area is 87.1 Å². The Morgan fingerprint density at radius 3 is 2.00 bits per heavy atom. The molecule has 86 valence electrons. The normalized spacial score (nSPS) is 12.9. The average molecular weight is 220 g/mol. The Kier molecular flexibility index (Phi) is 3.11. The van der Waals surface area contributed by atoms with Crippen LogP contribution in [0.15, 0.2) is 6.07 Å². The highest BCUT2D eigenvalue weighted by molar-refractivity contribution is 5.16. The molecule has 2 nitrogen and oxygen atoms in total. The number of rotatable bonds is 2. The van der Waals surface area contributed by atoms with Gasteiger partial charge in [0.25, 0.3) is 0 Å². The molecule has 0 unspecified atom stereocenters. The molecule has 1 aromatic rings. The summed E-state index contributed by atoms with van der Waals surface area (Å²) >= 11 is 0. The molecule has 0 aromatic carbocycles. The van der Waals surface area contributed by atoms with Crippen molar-refractivity contribution in [3.8, 4) is 0 Å². The van der Waals surface area contributed by atoms with Gasteiger partial charge in [0.05, 0.1) is 5.69 Å². The first-order valence-electron chi connectivity index (χ1n) is 4.90. The van der Waals surface area contributed by atoms with E-state index in [1.807, 2.05) is 13.8 Å². The van der Waals surface area contributed by atoms with Gasteiger partial charge in [-0.25, -0.2) is 0 Å². The molecule has 0 radical (unpaired) electrons. The molecule has 0 amide bonds. The average Bonchev–Trinajstić information content (AvgIpc) is 2.45. The molecule has 0 saturated heterocycles. The molecule has 0 bridgehead atoms. The van der Waals surface area contributed by atoms with Crippen molar-refractivity contribution in [1.29, 1.82) is 0 Å². The minimum absolute atomic E-state index is 0.00565. The molecule has 0 N–H and O–H groups in total. The minimum atomic E-state index is -4.33. The van der Waals surface area contributed by atoms with Gasteiger partial charge in [-0.15, -0.1) is 0 Å². The molecule has 0 spiro atoms. The molecule has 0 saturated carbocycles. The van der Waals surface area contributed by atoms with Gasteiger partial charge in [-0.2, -0.15) is 18.3 Å². The van der Waals surface area contributed by atoms with Crippen LogP contribution in [0.25, 0.3) is 0 Å². The molecule has 0 aliphatic rings. The van der Waals surface area contributed by atoms with Crippen LogP contribution in [0, 0.1) is 0 Å². The number of halogens is 3. The Balaban J connectivity index is 3.24. The Morgan fingerprint density at radius 1 is 1.20 bits per heavy atom. The van der Waals surface area contributed by atoms with Crippen molar-refractivity contribution in [1.82, 2.24) is 9.78 Å². The highest BCUT2D eigenvalue weighted by Crippen LogP contribution is 2.32. The largest absolute Gasteiger partial charge is 0.433 e. The zero-order chi connectivity index (χ0) is 11.8. The summed E-state index contributed by atoms with van der Waals surface area (Å²) in [5.41, 5.74) is -0.183. The van der Waals surface area contributed by atoms with E-state index in [2.05, 4.69) is 5.10 Å². The summed E-state index contributed by atoms with van der Waals surface area (Å²) in [7, 11) is 0.